The molecule has 0 aromatic heterocycles. The minimum Gasteiger partial charge on any atom is -0.497 e. The van der Waals surface area contributed by atoms with Crippen LogP contribution in [0.2, 0.25) is 0 Å². The Kier molecular flexibility index (Phi) is 7.25. The van der Waals surface area contributed by atoms with Crippen molar-refractivity contribution in [1.82, 2.24) is 0 Å². The molecule has 0 spiro atoms. The topological polar surface area (TPSA) is 74.3 Å². The number of anilines is 1. The largest absolute Gasteiger partial charge is 0.497 e. The number of ether oxygens (including phenoxy) is 4. The third kappa shape index (κ3) is 4.80. The van der Waals surface area contributed by atoms with E-state index in [-0.39, 0.29) is 12.3 Å². The Morgan fingerprint density at radius 1 is 0.914 bits per heavy atom. The van der Waals surface area contributed by atoms with Crippen LogP contribution in [0.5, 0.6) is 17.2 Å². The minimum absolute atomic E-state index is 0.0595. The Bertz CT molecular complexity index is 1200. The lowest BCUT2D eigenvalue weighted by molar-refractivity contribution is -0.118. The van der Waals surface area contributed by atoms with Gasteiger partial charge in [0.05, 0.1) is 45.5 Å². The molecule has 1 aliphatic heterocycles. The minimum atomic E-state index is -0.427. The zero-order valence-electron chi connectivity index (χ0n) is 20.4. The molecule has 0 aliphatic carbocycles. The summed E-state index contributed by atoms with van der Waals surface area (Å²) in [6.45, 7) is 4.83. The summed E-state index contributed by atoms with van der Waals surface area (Å²) in [5, 5.41) is 0. The molecule has 35 heavy (non-hydrogen) atoms. The van der Waals surface area contributed by atoms with Gasteiger partial charge in [-0.15, -0.1) is 0 Å². The standard InChI is InChI=1S/C28H29NO6/c1-5-34-24-15-20-16-26(30)29(21-11-7-19(8-12-21)28(31)33-4)27(23(20)17-25(24)35-6-2)18-9-13-22(32-3)14-10-18/h7-15,17,27H,5-6,16H2,1-4H3/t27-/m1/s1. The lowest BCUT2D eigenvalue weighted by atomic mass is 9.86. The Hall–Kier alpha value is -4.00. The molecule has 0 saturated heterocycles. The van der Waals surface area contributed by atoms with Gasteiger partial charge >= 0.3 is 5.97 Å². The Labute approximate surface area is 205 Å². The first kappa shape index (κ1) is 24.1. The molecule has 7 nitrogen and oxygen atoms in total. The molecule has 1 aliphatic rings. The number of carbonyl (C=O) groups excluding carboxylic acids is 2. The predicted octanol–water partition coefficient (Wildman–Crippen LogP) is 4.96. The highest BCUT2D eigenvalue weighted by Crippen LogP contribution is 2.43. The lowest BCUT2D eigenvalue weighted by Gasteiger charge is -2.38. The number of methoxy groups -OCH3 is 2. The van der Waals surface area contributed by atoms with Crippen LogP contribution in [-0.2, 0) is 16.0 Å². The number of benzene rings is 3. The van der Waals surface area contributed by atoms with Crippen LogP contribution in [0.15, 0.2) is 60.7 Å². The lowest BCUT2D eigenvalue weighted by Crippen LogP contribution is -2.41. The van der Waals surface area contributed by atoms with Crippen molar-refractivity contribution in [2.75, 3.05) is 32.3 Å². The zero-order valence-corrected chi connectivity index (χ0v) is 20.4. The number of hydrogen-bond acceptors (Lipinski definition) is 6. The summed E-state index contributed by atoms with van der Waals surface area (Å²) in [6, 6.07) is 18.0. The molecular weight excluding hydrogens is 446 g/mol. The molecule has 0 fully saturated rings. The van der Waals surface area contributed by atoms with Crippen molar-refractivity contribution in [1.29, 1.82) is 0 Å². The maximum Gasteiger partial charge on any atom is 0.337 e. The van der Waals surface area contributed by atoms with Crippen LogP contribution in [-0.4, -0.2) is 39.3 Å². The fraction of sp³-hybridized carbons (Fsp3) is 0.286. The molecule has 0 saturated carbocycles. The van der Waals surface area contributed by atoms with Crippen molar-refractivity contribution in [2.45, 2.75) is 26.3 Å². The van der Waals surface area contributed by atoms with Gasteiger partial charge in [0.1, 0.15) is 5.75 Å². The highest BCUT2D eigenvalue weighted by Gasteiger charge is 2.36. The monoisotopic (exact) mass is 475 g/mol. The zero-order chi connectivity index (χ0) is 24.9. The highest BCUT2D eigenvalue weighted by molar-refractivity contribution is 5.99. The van der Waals surface area contributed by atoms with Crippen molar-refractivity contribution in [3.63, 3.8) is 0 Å². The molecule has 0 radical (unpaired) electrons. The summed E-state index contributed by atoms with van der Waals surface area (Å²) in [6.07, 6.45) is 0.215. The molecule has 0 N–H and O–H groups in total. The van der Waals surface area contributed by atoms with E-state index in [9.17, 15) is 9.59 Å². The SMILES string of the molecule is CCOc1cc2c(cc1OCC)[C@@H](c1ccc(OC)cc1)N(c1ccc(C(=O)OC)cc1)C(=O)C2. The second kappa shape index (κ2) is 10.5. The van der Waals surface area contributed by atoms with E-state index in [4.69, 9.17) is 18.9 Å². The quantitative estimate of drug-likeness (QED) is 0.429. The molecular formula is C28H29NO6. The first-order valence-electron chi connectivity index (χ1n) is 11.6. The molecule has 3 aromatic carbocycles. The van der Waals surface area contributed by atoms with Gasteiger partial charge in [0.25, 0.3) is 0 Å². The van der Waals surface area contributed by atoms with Gasteiger partial charge in [0.2, 0.25) is 5.91 Å². The van der Waals surface area contributed by atoms with Gasteiger partial charge in [-0.05, 0) is 79.1 Å². The van der Waals surface area contributed by atoms with E-state index >= 15 is 0 Å². The van der Waals surface area contributed by atoms with Crippen LogP contribution in [0.25, 0.3) is 0 Å². The molecule has 1 atom stereocenters. The molecule has 0 bridgehead atoms. The van der Waals surface area contributed by atoms with Crippen molar-refractivity contribution >= 4 is 17.6 Å². The summed E-state index contributed by atoms with van der Waals surface area (Å²) < 4.78 is 21.9. The molecule has 1 heterocycles. The summed E-state index contributed by atoms with van der Waals surface area (Å²) in [4.78, 5) is 27.2. The number of hydrogen-bond donors (Lipinski definition) is 0. The van der Waals surface area contributed by atoms with Crippen LogP contribution in [0, 0.1) is 0 Å². The Morgan fingerprint density at radius 3 is 2.11 bits per heavy atom. The predicted molar refractivity (Wildman–Crippen MR) is 133 cm³/mol. The van der Waals surface area contributed by atoms with E-state index in [2.05, 4.69) is 0 Å². The maximum absolute atomic E-state index is 13.6. The summed E-state index contributed by atoms with van der Waals surface area (Å²) in [5.41, 5.74) is 3.87. The van der Waals surface area contributed by atoms with E-state index in [1.54, 1.807) is 36.3 Å². The van der Waals surface area contributed by atoms with Crippen LogP contribution in [0.4, 0.5) is 5.69 Å². The molecule has 0 unspecified atom stereocenters. The van der Waals surface area contributed by atoms with E-state index in [1.165, 1.54) is 7.11 Å². The van der Waals surface area contributed by atoms with E-state index in [1.807, 2.05) is 50.2 Å². The van der Waals surface area contributed by atoms with Crippen molar-refractivity contribution < 1.29 is 28.5 Å². The molecule has 3 aromatic rings. The normalized spacial score (nSPS) is 14.8. The van der Waals surface area contributed by atoms with Gasteiger partial charge < -0.3 is 23.8 Å². The second-order valence-electron chi connectivity index (χ2n) is 8.02. The van der Waals surface area contributed by atoms with E-state index < -0.39 is 12.0 Å². The number of carbonyl (C=O) groups is 2. The van der Waals surface area contributed by atoms with Gasteiger partial charge in [-0.3, -0.25) is 4.79 Å². The summed E-state index contributed by atoms with van der Waals surface area (Å²) in [7, 11) is 2.96. The van der Waals surface area contributed by atoms with Crippen molar-refractivity contribution in [3.05, 3.63) is 82.9 Å². The van der Waals surface area contributed by atoms with Gasteiger partial charge in [-0.1, -0.05) is 12.1 Å². The van der Waals surface area contributed by atoms with Gasteiger partial charge in [0, 0.05) is 5.69 Å². The van der Waals surface area contributed by atoms with Crippen molar-refractivity contribution in [3.8, 4) is 17.2 Å². The average Bonchev–Trinajstić information content (AvgIpc) is 2.88. The molecule has 182 valence electrons. The van der Waals surface area contributed by atoms with Gasteiger partial charge in [0.15, 0.2) is 11.5 Å². The van der Waals surface area contributed by atoms with Gasteiger partial charge in [-0.25, -0.2) is 4.79 Å². The first-order chi connectivity index (χ1) is 17.0. The maximum atomic E-state index is 13.6. The molecule has 7 heteroatoms. The van der Waals surface area contributed by atoms with Crippen molar-refractivity contribution in [2.24, 2.45) is 0 Å². The average molecular weight is 476 g/mol. The first-order valence-corrected chi connectivity index (χ1v) is 11.6. The highest BCUT2D eigenvalue weighted by atomic mass is 16.5. The number of nitrogens with zero attached hydrogens (tertiary/aromatic N) is 1. The van der Waals surface area contributed by atoms with Crippen LogP contribution in [0.1, 0.15) is 46.9 Å². The van der Waals surface area contributed by atoms with Crippen LogP contribution >= 0.6 is 0 Å². The van der Waals surface area contributed by atoms with Gasteiger partial charge in [-0.2, -0.15) is 0 Å². The number of amides is 1. The molecule has 4 rings (SSSR count). The smallest absolute Gasteiger partial charge is 0.337 e. The molecule has 1 amide bonds. The fourth-order valence-electron chi connectivity index (χ4n) is 4.38. The third-order valence-electron chi connectivity index (χ3n) is 5.97. The Balaban J connectivity index is 1.87. The van der Waals surface area contributed by atoms with E-state index in [0.29, 0.717) is 36.0 Å². The summed E-state index contributed by atoms with van der Waals surface area (Å²) in [5.74, 6) is 1.51. The van der Waals surface area contributed by atoms with Crippen LogP contribution < -0.4 is 19.1 Å². The van der Waals surface area contributed by atoms with E-state index in [0.717, 1.165) is 22.4 Å². The Morgan fingerprint density at radius 2 is 1.54 bits per heavy atom. The number of esters is 1. The summed E-state index contributed by atoms with van der Waals surface area (Å²) >= 11 is 0. The number of rotatable bonds is 8. The van der Waals surface area contributed by atoms with Crippen LogP contribution in [0.3, 0.4) is 0 Å². The fourth-order valence-corrected chi connectivity index (χ4v) is 4.38. The number of fused-ring (bicyclic) bond motifs is 1. The third-order valence-corrected chi connectivity index (χ3v) is 5.97. The second-order valence-corrected chi connectivity index (χ2v) is 8.02.